The number of hydrogen-bond acceptors (Lipinski definition) is 5. The molecule has 2 aromatic heterocycles. The number of amides is 2. The summed E-state index contributed by atoms with van der Waals surface area (Å²) in [6, 6.07) is 6.64. The summed E-state index contributed by atoms with van der Waals surface area (Å²) in [5.41, 5.74) is 4.23. The van der Waals surface area contributed by atoms with E-state index in [1.54, 1.807) is 36.3 Å². The van der Waals surface area contributed by atoms with Crippen LogP contribution in [-0.4, -0.2) is 32.1 Å². The predicted molar refractivity (Wildman–Crippen MR) is 124 cm³/mol. The van der Waals surface area contributed by atoms with Crippen molar-refractivity contribution in [3.63, 3.8) is 0 Å². The van der Waals surface area contributed by atoms with Crippen molar-refractivity contribution in [3.8, 4) is 17.0 Å². The average molecular weight is 474 g/mol. The van der Waals surface area contributed by atoms with E-state index in [0.29, 0.717) is 16.6 Å². The van der Waals surface area contributed by atoms with Crippen molar-refractivity contribution < 1.29 is 13.7 Å². The topological polar surface area (TPSA) is 98.1 Å². The molecular formula is C22H24ClN5O3S. The summed E-state index contributed by atoms with van der Waals surface area (Å²) in [5.74, 6) is 0.455. The van der Waals surface area contributed by atoms with Crippen molar-refractivity contribution >= 4 is 34.3 Å². The number of urea groups is 1. The second-order valence-corrected chi connectivity index (χ2v) is 9.30. The summed E-state index contributed by atoms with van der Waals surface area (Å²) < 4.78 is 22.0. The van der Waals surface area contributed by atoms with E-state index in [4.69, 9.17) is 16.3 Å². The molecular weight excluding hydrogens is 450 g/mol. The number of nitrogens with zero attached hydrogens (tertiary/aromatic N) is 3. The fourth-order valence-corrected chi connectivity index (χ4v) is 4.77. The number of methoxy groups -OCH3 is 1. The van der Waals surface area contributed by atoms with Gasteiger partial charge in [-0.2, -0.15) is 5.10 Å². The van der Waals surface area contributed by atoms with E-state index in [9.17, 15) is 9.00 Å². The lowest BCUT2D eigenvalue weighted by atomic mass is 9.97. The van der Waals surface area contributed by atoms with Gasteiger partial charge in [-0.05, 0) is 68.0 Å². The first kappa shape index (κ1) is 22.3. The zero-order valence-electron chi connectivity index (χ0n) is 18.0. The molecule has 0 saturated carbocycles. The van der Waals surface area contributed by atoms with E-state index in [1.807, 2.05) is 26.0 Å². The van der Waals surface area contributed by atoms with Crippen LogP contribution in [0.1, 0.15) is 37.4 Å². The maximum atomic E-state index is 12.8. The highest BCUT2D eigenvalue weighted by atomic mass is 35.5. The average Bonchev–Trinajstić information content (AvgIpc) is 3.46. The van der Waals surface area contributed by atoms with Gasteiger partial charge >= 0.3 is 6.03 Å². The third kappa shape index (κ3) is 4.49. The molecule has 2 amide bonds. The third-order valence-corrected chi connectivity index (χ3v) is 6.64. The zero-order chi connectivity index (χ0) is 22.8. The van der Waals surface area contributed by atoms with Crippen LogP contribution in [-0.2, 0) is 23.8 Å². The van der Waals surface area contributed by atoms with Crippen molar-refractivity contribution in [2.75, 3.05) is 12.4 Å². The fraction of sp³-hybridized carbons (Fsp3) is 0.318. The van der Waals surface area contributed by atoms with Gasteiger partial charge < -0.3 is 10.1 Å². The van der Waals surface area contributed by atoms with E-state index < -0.39 is 17.0 Å². The number of aromatic nitrogens is 3. The number of carbonyl (C=O) groups is 1. The molecule has 168 valence electrons. The first-order valence-corrected chi connectivity index (χ1v) is 11.8. The van der Waals surface area contributed by atoms with Crippen LogP contribution < -0.4 is 14.8 Å². The Labute approximate surface area is 193 Å². The quantitative estimate of drug-likeness (QED) is 0.548. The van der Waals surface area contributed by atoms with Crippen LogP contribution in [0.25, 0.3) is 11.1 Å². The number of pyridine rings is 1. The van der Waals surface area contributed by atoms with Crippen molar-refractivity contribution in [1.29, 1.82) is 0 Å². The molecule has 1 aliphatic carbocycles. The predicted octanol–water partition coefficient (Wildman–Crippen LogP) is 4.52. The van der Waals surface area contributed by atoms with Crippen LogP contribution >= 0.6 is 11.6 Å². The summed E-state index contributed by atoms with van der Waals surface area (Å²) in [6.07, 6.45) is 5.97. The molecule has 4 rings (SSSR count). The third-order valence-electron chi connectivity index (χ3n) is 5.33. The van der Waals surface area contributed by atoms with E-state index in [-0.39, 0.29) is 11.1 Å². The van der Waals surface area contributed by atoms with Crippen molar-refractivity contribution in [3.05, 3.63) is 52.8 Å². The molecule has 1 atom stereocenters. The van der Waals surface area contributed by atoms with Crippen LogP contribution in [0.15, 0.2) is 41.7 Å². The Morgan fingerprint density at radius 2 is 2.03 bits per heavy atom. The Balaban J connectivity index is 1.64. The standard InChI is InChI=1S/C22H24ClN5O3S/c1-13(2)28-10-8-20(26-28)32(30)27-22(29)25-21-16-6-4-5-15(16)18(23)12-17(21)14-7-9-24-19(11-14)31-3/h7-13H,4-6H2,1-3H3,(H2,25,27,29). The van der Waals surface area contributed by atoms with Gasteiger partial charge in [0.25, 0.3) is 0 Å². The van der Waals surface area contributed by atoms with Crippen molar-refractivity contribution in [1.82, 2.24) is 19.5 Å². The largest absolute Gasteiger partial charge is 0.481 e. The SMILES string of the molecule is COc1cc(-c2cc(Cl)c3c(c2NC(=O)NS(=O)c2ccn(C(C)C)n2)CCC3)ccn1. The van der Waals surface area contributed by atoms with Gasteiger partial charge in [-0.15, -0.1) is 0 Å². The highest BCUT2D eigenvalue weighted by Gasteiger charge is 2.24. The summed E-state index contributed by atoms with van der Waals surface area (Å²) in [5, 5.41) is 8.12. The van der Waals surface area contributed by atoms with Gasteiger partial charge in [0.15, 0.2) is 16.0 Å². The smallest absolute Gasteiger partial charge is 0.331 e. The number of carbonyl (C=O) groups excluding carboxylic acids is 1. The Morgan fingerprint density at radius 1 is 1.25 bits per heavy atom. The molecule has 32 heavy (non-hydrogen) atoms. The molecule has 0 aliphatic heterocycles. The second-order valence-electron chi connectivity index (χ2n) is 7.73. The minimum atomic E-state index is -1.79. The lowest BCUT2D eigenvalue weighted by Gasteiger charge is -2.18. The normalized spacial score (nSPS) is 13.7. The lowest BCUT2D eigenvalue weighted by Crippen LogP contribution is -2.31. The van der Waals surface area contributed by atoms with Crippen LogP contribution in [0.4, 0.5) is 10.5 Å². The minimum Gasteiger partial charge on any atom is -0.481 e. The molecule has 8 nitrogen and oxygen atoms in total. The summed E-state index contributed by atoms with van der Waals surface area (Å²) in [6.45, 7) is 3.94. The molecule has 0 saturated heterocycles. The number of nitrogens with one attached hydrogen (secondary N) is 2. The Bertz CT molecular complexity index is 1190. The summed E-state index contributed by atoms with van der Waals surface area (Å²) >= 11 is 6.56. The lowest BCUT2D eigenvalue weighted by molar-refractivity contribution is 0.257. The zero-order valence-corrected chi connectivity index (χ0v) is 19.6. The highest BCUT2D eigenvalue weighted by Crippen LogP contribution is 2.42. The molecule has 1 unspecified atom stereocenters. The number of hydrogen-bond donors (Lipinski definition) is 2. The van der Waals surface area contributed by atoms with Crippen LogP contribution in [0.5, 0.6) is 5.88 Å². The molecule has 1 aliphatic rings. The van der Waals surface area contributed by atoms with Gasteiger partial charge in [0.1, 0.15) is 0 Å². The van der Waals surface area contributed by atoms with Gasteiger partial charge in [0.05, 0.1) is 12.8 Å². The molecule has 0 fully saturated rings. The molecule has 3 aromatic rings. The van der Waals surface area contributed by atoms with Gasteiger partial charge in [0.2, 0.25) is 5.88 Å². The van der Waals surface area contributed by atoms with E-state index in [1.165, 1.54) is 0 Å². The first-order chi connectivity index (χ1) is 15.4. The number of ether oxygens (including phenoxy) is 1. The minimum absolute atomic E-state index is 0.131. The fourth-order valence-electron chi connectivity index (χ4n) is 3.77. The van der Waals surface area contributed by atoms with Crippen molar-refractivity contribution in [2.45, 2.75) is 44.2 Å². The van der Waals surface area contributed by atoms with Crippen molar-refractivity contribution in [2.24, 2.45) is 0 Å². The first-order valence-electron chi connectivity index (χ1n) is 10.3. The van der Waals surface area contributed by atoms with E-state index in [2.05, 4.69) is 20.1 Å². The molecule has 0 bridgehead atoms. The monoisotopic (exact) mass is 473 g/mol. The van der Waals surface area contributed by atoms with Gasteiger partial charge in [-0.25, -0.2) is 14.0 Å². The Morgan fingerprint density at radius 3 is 2.75 bits per heavy atom. The molecule has 0 spiro atoms. The van der Waals surface area contributed by atoms with Crippen LogP contribution in [0.3, 0.4) is 0 Å². The Kier molecular flexibility index (Phi) is 6.48. The van der Waals surface area contributed by atoms with Crippen LogP contribution in [0.2, 0.25) is 5.02 Å². The van der Waals surface area contributed by atoms with E-state index in [0.717, 1.165) is 41.5 Å². The number of anilines is 1. The number of fused-ring (bicyclic) bond motifs is 1. The van der Waals surface area contributed by atoms with Gasteiger partial charge in [-0.1, -0.05) is 11.6 Å². The number of halogens is 1. The maximum absolute atomic E-state index is 12.8. The van der Waals surface area contributed by atoms with E-state index >= 15 is 0 Å². The molecule has 2 N–H and O–H groups in total. The number of benzene rings is 1. The summed E-state index contributed by atoms with van der Waals surface area (Å²) in [4.78, 5) is 17.0. The number of rotatable bonds is 6. The highest BCUT2D eigenvalue weighted by molar-refractivity contribution is 7.83. The second kappa shape index (κ2) is 9.30. The molecule has 0 radical (unpaired) electrons. The maximum Gasteiger partial charge on any atom is 0.331 e. The molecule has 10 heteroatoms. The Hall–Kier alpha value is -2.91. The van der Waals surface area contributed by atoms with Gasteiger partial charge in [-0.3, -0.25) is 9.40 Å². The van der Waals surface area contributed by atoms with Crippen LogP contribution in [0, 0.1) is 0 Å². The molecule has 1 aromatic carbocycles. The summed E-state index contributed by atoms with van der Waals surface area (Å²) in [7, 11) is -0.246. The molecule has 2 heterocycles. The van der Waals surface area contributed by atoms with Gasteiger partial charge in [0, 0.05) is 35.1 Å².